The fourth-order valence-electron chi connectivity index (χ4n) is 3.65. The molecule has 0 radical (unpaired) electrons. The Hall–Kier alpha value is -2.94. The molecule has 1 fully saturated rings. The van der Waals surface area contributed by atoms with Gasteiger partial charge in [-0.15, -0.1) is 0 Å². The van der Waals surface area contributed by atoms with Crippen molar-refractivity contribution in [2.75, 3.05) is 25.9 Å². The fourth-order valence-corrected chi connectivity index (χ4v) is 5.32. The van der Waals surface area contributed by atoms with Crippen LogP contribution in [0.2, 0.25) is 0 Å². The summed E-state index contributed by atoms with van der Waals surface area (Å²) in [7, 11) is -2.11. The predicted octanol–water partition coefficient (Wildman–Crippen LogP) is 2.70. The molecule has 0 bridgehead atoms. The van der Waals surface area contributed by atoms with Gasteiger partial charge in [0.2, 0.25) is 11.8 Å². The summed E-state index contributed by atoms with van der Waals surface area (Å²) in [6, 6.07) is 13.1. The van der Waals surface area contributed by atoms with E-state index in [-0.39, 0.29) is 11.7 Å². The van der Waals surface area contributed by atoms with Crippen molar-refractivity contribution < 1.29 is 27.1 Å². The standard InChI is InChI=1S/C23H27FN2O5S/c1-25-22(27)16-32(29,30)21-11-13-26(14-12-21)23(28)10-5-17-3-2-4-20(15-17)31-19-8-6-18(24)7-9-19/h2-4,6-9,15,21H,5,10-14,16H2,1H3,(H,25,27). The molecule has 0 aromatic heterocycles. The van der Waals surface area contributed by atoms with E-state index < -0.39 is 26.7 Å². The average Bonchev–Trinajstić information content (AvgIpc) is 2.79. The van der Waals surface area contributed by atoms with Crippen LogP contribution in [-0.4, -0.2) is 56.3 Å². The topological polar surface area (TPSA) is 92.8 Å². The quantitative estimate of drug-likeness (QED) is 0.651. The zero-order valence-electron chi connectivity index (χ0n) is 17.9. The SMILES string of the molecule is CNC(=O)CS(=O)(=O)C1CCN(C(=O)CCc2cccc(Oc3ccc(F)cc3)c2)CC1. The minimum absolute atomic E-state index is 0.0306. The van der Waals surface area contributed by atoms with Gasteiger partial charge in [-0.25, -0.2) is 12.8 Å². The molecule has 2 amide bonds. The van der Waals surface area contributed by atoms with Crippen LogP contribution in [0, 0.1) is 5.82 Å². The van der Waals surface area contributed by atoms with Gasteiger partial charge in [0.15, 0.2) is 9.84 Å². The van der Waals surface area contributed by atoms with Crippen molar-refractivity contribution in [3.8, 4) is 11.5 Å². The molecule has 9 heteroatoms. The number of hydrogen-bond acceptors (Lipinski definition) is 5. The Balaban J connectivity index is 1.49. The van der Waals surface area contributed by atoms with Gasteiger partial charge in [-0.1, -0.05) is 12.1 Å². The van der Waals surface area contributed by atoms with Crippen LogP contribution in [0.25, 0.3) is 0 Å². The van der Waals surface area contributed by atoms with E-state index in [0.717, 1.165) is 5.56 Å². The second-order valence-electron chi connectivity index (χ2n) is 7.76. The number of aryl methyl sites for hydroxylation is 1. The molecule has 7 nitrogen and oxygen atoms in total. The Morgan fingerprint density at radius 1 is 1.09 bits per heavy atom. The fraction of sp³-hybridized carbons (Fsp3) is 0.391. The molecule has 1 N–H and O–H groups in total. The second kappa shape index (κ2) is 10.6. The molecule has 0 spiro atoms. The highest BCUT2D eigenvalue weighted by atomic mass is 32.2. The van der Waals surface area contributed by atoms with E-state index in [9.17, 15) is 22.4 Å². The van der Waals surface area contributed by atoms with Crippen molar-refractivity contribution in [1.82, 2.24) is 10.2 Å². The van der Waals surface area contributed by atoms with Gasteiger partial charge in [0.25, 0.3) is 0 Å². The number of piperidine rings is 1. The molecule has 1 saturated heterocycles. The first-order valence-electron chi connectivity index (χ1n) is 10.5. The molecule has 172 valence electrons. The maximum atomic E-state index is 13.0. The number of ether oxygens (including phenoxy) is 1. The molecule has 2 aromatic carbocycles. The van der Waals surface area contributed by atoms with Crippen LogP contribution in [0.15, 0.2) is 48.5 Å². The minimum Gasteiger partial charge on any atom is -0.457 e. The largest absolute Gasteiger partial charge is 0.457 e. The summed E-state index contributed by atoms with van der Waals surface area (Å²) < 4.78 is 43.4. The number of halogens is 1. The van der Waals surface area contributed by atoms with Gasteiger partial charge in [-0.05, 0) is 61.2 Å². The van der Waals surface area contributed by atoms with Crippen molar-refractivity contribution in [1.29, 1.82) is 0 Å². The van der Waals surface area contributed by atoms with E-state index >= 15 is 0 Å². The number of nitrogens with one attached hydrogen (secondary N) is 1. The van der Waals surface area contributed by atoms with E-state index in [2.05, 4.69) is 5.32 Å². The molecule has 0 saturated carbocycles. The lowest BCUT2D eigenvalue weighted by Crippen LogP contribution is -2.44. The Morgan fingerprint density at radius 3 is 2.44 bits per heavy atom. The van der Waals surface area contributed by atoms with E-state index in [1.165, 1.54) is 19.2 Å². The molecule has 0 atom stereocenters. The Morgan fingerprint density at radius 2 is 1.78 bits per heavy atom. The highest BCUT2D eigenvalue weighted by Gasteiger charge is 2.32. The summed E-state index contributed by atoms with van der Waals surface area (Å²) in [6.07, 6.45) is 1.50. The monoisotopic (exact) mass is 462 g/mol. The summed E-state index contributed by atoms with van der Waals surface area (Å²) in [5, 5.41) is 1.74. The van der Waals surface area contributed by atoms with E-state index in [4.69, 9.17) is 4.74 Å². The van der Waals surface area contributed by atoms with Gasteiger partial charge < -0.3 is 15.0 Å². The minimum atomic E-state index is -3.52. The van der Waals surface area contributed by atoms with Crippen molar-refractivity contribution in [3.63, 3.8) is 0 Å². The number of amides is 2. The molecule has 1 aliphatic heterocycles. The number of carbonyl (C=O) groups excluding carboxylic acids is 2. The molecule has 0 unspecified atom stereocenters. The average molecular weight is 463 g/mol. The normalized spacial score (nSPS) is 14.8. The summed E-state index contributed by atoms with van der Waals surface area (Å²) in [5.74, 6) is -0.278. The van der Waals surface area contributed by atoms with Crippen LogP contribution in [0.4, 0.5) is 4.39 Å². The van der Waals surface area contributed by atoms with Crippen LogP contribution in [0.3, 0.4) is 0 Å². The lowest BCUT2D eigenvalue weighted by atomic mass is 10.1. The third-order valence-corrected chi connectivity index (χ3v) is 7.64. The summed E-state index contributed by atoms with van der Waals surface area (Å²) >= 11 is 0. The van der Waals surface area contributed by atoms with Crippen LogP contribution >= 0.6 is 0 Å². The van der Waals surface area contributed by atoms with E-state index in [0.29, 0.717) is 50.3 Å². The molecule has 32 heavy (non-hydrogen) atoms. The van der Waals surface area contributed by atoms with Crippen LogP contribution in [0.1, 0.15) is 24.8 Å². The number of benzene rings is 2. The first kappa shape index (κ1) is 23.7. The Bertz CT molecular complexity index is 1050. The number of rotatable bonds is 8. The van der Waals surface area contributed by atoms with Gasteiger partial charge in [-0.3, -0.25) is 9.59 Å². The Kier molecular flexibility index (Phi) is 7.84. The van der Waals surface area contributed by atoms with Crippen LogP contribution < -0.4 is 10.1 Å². The second-order valence-corrected chi connectivity index (χ2v) is 10.0. The molecule has 3 rings (SSSR count). The number of sulfone groups is 1. The number of carbonyl (C=O) groups is 2. The molecule has 0 aliphatic carbocycles. The molecular formula is C23H27FN2O5S. The summed E-state index contributed by atoms with van der Waals surface area (Å²) in [6.45, 7) is 0.731. The summed E-state index contributed by atoms with van der Waals surface area (Å²) in [4.78, 5) is 25.7. The zero-order chi connectivity index (χ0) is 23.1. The lowest BCUT2D eigenvalue weighted by molar-refractivity contribution is -0.132. The third-order valence-electron chi connectivity index (χ3n) is 5.49. The summed E-state index contributed by atoms with van der Waals surface area (Å²) in [5.41, 5.74) is 0.931. The van der Waals surface area contributed by atoms with Gasteiger partial charge in [0, 0.05) is 26.6 Å². The van der Waals surface area contributed by atoms with E-state index in [1.807, 2.05) is 18.2 Å². The Labute approximate surface area is 187 Å². The number of nitrogens with zero attached hydrogens (tertiary/aromatic N) is 1. The van der Waals surface area contributed by atoms with Gasteiger partial charge in [0.1, 0.15) is 23.1 Å². The van der Waals surface area contributed by atoms with Crippen molar-refractivity contribution >= 4 is 21.7 Å². The predicted molar refractivity (Wildman–Crippen MR) is 119 cm³/mol. The van der Waals surface area contributed by atoms with Crippen molar-refractivity contribution in [2.45, 2.75) is 30.9 Å². The van der Waals surface area contributed by atoms with Gasteiger partial charge in [-0.2, -0.15) is 0 Å². The van der Waals surface area contributed by atoms with Crippen LogP contribution in [-0.2, 0) is 25.8 Å². The van der Waals surface area contributed by atoms with Gasteiger partial charge >= 0.3 is 0 Å². The molecule has 2 aromatic rings. The smallest absolute Gasteiger partial charge is 0.234 e. The molecular weight excluding hydrogens is 435 g/mol. The highest BCUT2D eigenvalue weighted by molar-refractivity contribution is 7.92. The third kappa shape index (κ3) is 6.53. The lowest BCUT2D eigenvalue weighted by Gasteiger charge is -2.31. The van der Waals surface area contributed by atoms with Crippen molar-refractivity contribution in [3.05, 3.63) is 59.9 Å². The molecule has 1 aliphatic rings. The maximum absolute atomic E-state index is 13.0. The highest BCUT2D eigenvalue weighted by Crippen LogP contribution is 2.24. The number of likely N-dealkylation sites (tertiary alicyclic amines) is 1. The van der Waals surface area contributed by atoms with Crippen molar-refractivity contribution in [2.24, 2.45) is 0 Å². The maximum Gasteiger partial charge on any atom is 0.234 e. The van der Waals surface area contributed by atoms with E-state index in [1.54, 1.807) is 23.1 Å². The number of hydrogen-bond donors (Lipinski definition) is 1. The van der Waals surface area contributed by atoms with Gasteiger partial charge in [0.05, 0.1) is 5.25 Å². The van der Waals surface area contributed by atoms with Crippen LogP contribution in [0.5, 0.6) is 11.5 Å². The zero-order valence-corrected chi connectivity index (χ0v) is 18.7. The molecule has 1 heterocycles. The first-order chi connectivity index (χ1) is 15.3. The first-order valence-corrected chi connectivity index (χ1v) is 12.2.